The molecule has 16 heavy (non-hydrogen) atoms. The van der Waals surface area contributed by atoms with Crippen molar-refractivity contribution in [2.24, 2.45) is 0 Å². The molecule has 0 radical (unpaired) electrons. The second kappa shape index (κ2) is 6.36. The van der Waals surface area contributed by atoms with E-state index in [0.717, 1.165) is 12.1 Å². The average Bonchev–Trinajstić information content (AvgIpc) is 2.17. The Hall–Kier alpha value is -2.15. The fourth-order valence-corrected chi connectivity index (χ4v) is 0.726. The molecule has 0 aliphatic rings. The smallest absolute Gasteiger partial charge is 0.401 e. The number of hydrogen-bond donors (Lipinski definition) is 2. The number of hydrogen-bond acceptors (Lipinski definition) is 4. The minimum absolute atomic E-state index is 0.0422. The largest absolute Gasteiger partial charge is 0.478 e. The predicted octanol–water partition coefficient (Wildman–Crippen LogP) is 2.20. The Labute approximate surface area is 94.0 Å². The molecule has 0 bridgehead atoms. The molecule has 2 N–H and O–H groups in total. The van der Waals surface area contributed by atoms with Gasteiger partial charge in [-0.05, 0) is 12.1 Å². The Morgan fingerprint density at radius 3 is 1.81 bits per heavy atom. The van der Waals surface area contributed by atoms with Gasteiger partial charge in [0.15, 0.2) is 0 Å². The number of nitrogens with zero attached hydrogens (tertiary/aromatic N) is 1. The monoisotopic (exact) mass is 247 g/mol. The van der Waals surface area contributed by atoms with Crippen molar-refractivity contribution in [1.82, 2.24) is 0 Å². The van der Waals surface area contributed by atoms with Crippen molar-refractivity contribution in [2.75, 3.05) is 0 Å². The summed E-state index contributed by atoms with van der Waals surface area (Å²) in [6.07, 6.45) is 0. The highest BCUT2D eigenvalue weighted by atomic mass is 35.5. The number of rotatable bonds is 2. The van der Waals surface area contributed by atoms with Gasteiger partial charge in [0.1, 0.15) is 0 Å². The first-order valence-electron chi connectivity index (χ1n) is 3.70. The summed E-state index contributed by atoms with van der Waals surface area (Å²) in [5, 5.41) is 25.8. The zero-order valence-corrected chi connectivity index (χ0v) is 8.42. The third kappa shape index (κ3) is 5.55. The molecule has 86 valence electrons. The number of halogens is 1. The number of benzene rings is 1. The Balaban J connectivity index is 0.000000487. The minimum Gasteiger partial charge on any atom is -0.478 e. The van der Waals surface area contributed by atoms with Crippen molar-refractivity contribution >= 4 is 28.7 Å². The molecular formula is C8H6ClNO6. The van der Waals surface area contributed by atoms with E-state index in [1.54, 1.807) is 0 Å². The van der Waals surface area contributed by atoms with E-state index in [4.69, 9.17) is 15.0 Å². The lowest BCUT2D eigenvalue weighted by Crippen LogP contribution is -1.96. The highest BCUT2D eigenvalue weighted by Gasteiger charge is 2.06. The van der Waals surface area contributed by atoms with E-state index in [1.807, 2.05) is 0 Å². The van der Waals surface area contributed by atoms with Crippen LogP contribution in [-0.4, -0.2) is 26.5 Å². The SMILES string of the molecule is O=C(O)Cl.O=C(O)c1ccc([N+](=O)[O-])cc1. The predicted molar refractivity (Wildman–Crippen MR) is 53.9 cm³/mol. The maximum absolute atomic E-state index is 10.3. The third-order valence-corrected chi connectivity index (χ3v) is 1.33. The number of carboxylic acid groups (broad SMARTS) is 2. The average molecular weight is 248 g/mol. The molecule has 0 aliphatic heterocycles. The van der Waals surface area contributed by atoms with Gasteiger partial charge in [-0.15, -0.1) is 0 Å². The highest BCUT2D eigenvalue weighted by Crippen LogP contribution is 2.11. The Morgan fingerprint density at radius 1 is 1.19 bits per heavy atom. The number of aromatic carboxylic acids is 1. The summed E-state index contributed by atoms with van der Waals surface area (Å²) in [5.74, 6) is -1.09. The van der Waals surface area contributed by atoms with Gasteiger partial charge in [0.25, 0.3) is 5.69 Å². The fraction of sp³-hybridized carbons (Fsp3) is 0. The van der Waals surface area contributed by atoms with Gasteiger partial charge in [0.2, 0.25) is 0 Å². The van der Waals surface area contributed by atoms with Crippen LogP contribution in [0.1, 0.15) is 10.4 Å². The lowest BCUT2D eigenvalue weighted by atomic mass is 10.2. The molecule has 0 amide bonds. The molecule has 0 saturated carbocycles. The molecule has 0 atom stereocenters. The Morgan fingerprint density at radius 2 is 1.56 bits per heavy atom. The van der Waals surface area contributed by atoms with Crippen LogP contribution in [0.25, 0.3) is 0 Å². The van der Waals surface area contributed by atoms with Gasteiger partial charge in [0, 0.05) is 23.7 Å². The molecule has 0 aromatic heterocycles. The highest BCUT2D eigenvalue weighted by molar-refractivity contribution is 6.60. The summed E-state index contributed by atoms with van der Waals surface area (Å²) in [5.41, 5.74) is -1.43. The van der Waals surface area contributed by atoms with E-state index in [1.165, 1.54) is 12.1 Å². The fourth-order valence-electron chi connectivity index (χ4n) is 0.726. The van der Waals surface area contributed by atoms with Crippen molar-refractivity contribution in [2.45, 2.75) is 0 Å². The molecule has 0 spiro atoms. The zero-order chi connectivity index (χ0) is 12.7. The molecule has 8 heteroatoms. The van der Waals surface area contributed by atoms with Gasteiger partial charge >= 0.3 is 11.4 Å². The van der Waals surface area contributed by atoms with Crippen molar-refractivity contribution in [3.8, 4) is 0 Å². The standard InChI is InChI=1S/C7H5NO4.CHClO2/c9-7(10)5-1-3-6(4-2-5)8(11)12;2-1(3)4/h1-4H,(H,9,10);(H,3,4). The topological polar surface area (TPSA) is 118 Å². The van der Waals surface area contributed by atoms with E-state index in [0.29, 0.717) is 0 Å². The van der Waals surface area contributed by atoms with E-state index >= 15 is 0 Å². The van der Waals surface area contributed by atoms with Crippen LogP contribution in [0.4, 0.5) is 10.5 Å². The molecule has 0 fully saturated rings. The quantitative estimate of drug-likeness (QED) is 0.470. The summed E-state index contributed by atoms with van der Waals surface area (Å²) >= 11 is 4.19. The maximum Gasteiger partial charge on any atom is 0.401 e. The van der Waals surface area contributed by atoms with E-state index in [2.05, 4.69) is 11.6 Å². The lowest BCUT2D eigenvalue weighted by molar-refractivity contribution is -0.384. The maximum atomic E-state index is 10.3. The van der Waals surface area contributed by atoms with Crippen molar-refractivity contribution in [3.63, 3.8) is 0 Å². The number of carboxylic acids is 1. The van der Waals surface area contributed by atoms with Crippen LogP contribution in [-0.2, 0) is 0 Å². The summed E-state index contributed by atoms with van der Waals surface area (Å²) < 4.78 is 0. The summed E-state index contributed by atoms with van der Waals surface area (Å²) in [4.78, 5) is 28.6. The second-order valence-corrected chi connectivity index (χ2v) is 2.69. The summed E-state index contributed by atoms with van der Waals surface area (Å²) in [6, 6.07) is 4.70. The van der Waals surface area contributed by atoms with E-state index in [-0.39, 0.29) is 11.3 Å². The number of carbonyl (C=O) groups is 2. The first-order chi connectivity index (χ1) is 7.34. The van der Waals surface area contributed by atoms with Gasteiger partial charge in [0.05, 0.1) is 10.5 Å². The molecule has 0 unspecified atom stereocenters. The van der Waals surface area contributed by atoms with Crippen molar-refractivity contribution in [3.05, 3.63) is 39.9 Å². The molecule has 0 heterocycles. The first kappa shape index (κ1) is 13.8. The van der Waals surface area contributed by atoms with Gasteiger partial charge in [-0.25, -0.2) is 9.59 Å². The number of nitro benzene ring substituents is 1. The van der Waals surface area contributed by atoms with Gasteiger partial charge < -0.3 is 10.2 Å². The van der Waals surface area contributed by atoms with Gasteiger partial charge in [-0.2, -0.15) is 0 Å². The van der Waals surface area contributed by atoms with Crippen molar-refractivity contribution < 1.29 is 24.7 Å². The molecule has 1 rings (SSSR count). The van der Waals surface area contributed by atoms with Crippen LogP contribution in [0, 0.1) is 10.1 Å². The zero-order valence-electron chi connectivity index (χ0n) is 7.66. The number of non-ortho nitro benzene ring substituents is 1. The normalized spacial score (nSPS) is 8.56. The van der Waals surface area contributed by atoms with E-state index < -0.39 is 16.3 Å². The Bertz CT molecular complexity index is 364. The molecule has 0 aliphatic carbocycles. The molecular weight excluding hydrogens is 242 g/mol. The molecule has 0 saturated heterocycles. The van der Waals surface area contributed by atoms with Crippen molar-refractivity contribution in [1.29, 1.82) is 0 Å². The van der Waals surface area contributed by atoms with Crippen LogP contribution in [0.3, 0.4) is 0 Å². The van der Waals surface area contributed by atoms with Crippen LogP contribution >= 0.6 is 11.6 Å². The number of nitro groups is 1. The van der Waals surface area contributed by atoms with Gasteiger partial charge in [-0.3, -0.25) is 10.1 Å². The molecule has 1 aromatic rings. The third-order valence-electron chi connectivity index (χ3n) is 1.33. The van der Waals surface area contributed by atoms with Crippen LogP contribution in [0.15, 0.2) is 24.3 Å². The first-order valence-corrected chi connectivity index (χ1v) is 4.08. The van der Waals surface area contributed by atoms with Crippen LogP contribution in [0.5, 0.6) is 0 Å². The molecule has 7 nitrogen and oxygen atoms in total. The lowest BCUT2D eigenvalue weighted by Gasteiger charge is -1.92. The van der Waals surface area contributed by atoms with Gasteiger partial charge in [-0.1, -0.05) is 0 Å². The summed E-state index contributed by atoms with van der Waals surface area (Å²) in [6.45, 7) is 0. The van der Waals surface area contributed by atoms with Crippen LogP contribution in [0.2, 0.25) is 0 Å². The summed E-state index contributed by atoms with van der Waals surface area (Å²) in [7, 11) is 0. The molecule has 1 aromatic carbocycles. The second-order valence-electron chi connectivity index (χ2n) is 2.36. The minimum atomic E-state index is -1.36. The van der Waals surface area contributed by atoms with E-state index in [9.17, 15) is 14.9 Å². The Kier molecular flexibility index (Phi) is 5.50. The van der Waals surface area contributed by atoms with Crippen LogP contribution < -0.4 is 0 Å².